The molecule has 0 aliphatic rings. The third-order valence-corrected chi connectivity index (χ3v) is 1.80. The summed E-state index contributed by atoms with van der Waals surface area (Å²) in [6, 6.07) is 0. The van der Waals surface area contributed by atoms with Gasteiger partial charge in [-0.2, -0.15) is 0 Å². The van der Waals surface area contributed by atoms with E-state index in [-0.39, 0.29) is 5.57 Å². The molecule has 0 aliphatic carbocycles. The van der Waals surface area contributed by atoms with Crippen LogP contribution >= 0.6 is 46.4 Å². The number of alkyl halides is 4. The Morgan fingerprint density at radius 3 is 1.64 bits per heavy atom. The molecule has 0 aromatic rings. The van der Waals surface area contributed by atoms with Crippen LogP contribution in [-0.4, -0.2) is 20.7 Å². The Kier molecular flexibility index (Phi) is 5.26. The van der Waals surface area contributed by atoms with Crippen LogP contribution in [0.2, 0.25) is 0 Å². The predicted molar refractivity (Wildman–Crippen MR) is 46.7 cm³/mol. The van der Waals surface area contributed by atoms with Crippen LogP contribution in [0.3, 0.4) is 0 Å². The van der Waals surface area contributed by atoms with Gasteiger partial charge >= 0.3 is 5.97 Å². The second-order valence-electron chi connectivity index (χ2n) is 1.58. The minimum atomic E-state index is -1.18. The van der Waals surface area contributed by atoms with Crippen molar-refractivity contribution in [3.05, 3.63) is 11.6 Å². The number of hydrogen-bond donors (Lipinski definition) is 1. The van der Waals surface area contributed by atoms with E-state index in [0.29, 0.717) is 0 Å². The van der Waals surface area contributed by atoms with E-state index in [9.17, 15) is 4.79 Å². The molecule has 0 spiro atoms. The number of carboxylic acid groups (broad SMARTS) is 1. The number of rotatable bonds is 3. The molecule has 0 saturated heterocycles. The molecule has 0 unspecified atom stereocenters. The molecule has 0 bridgehead atoms. The van der Waals surface area contributed by atoms with Gasteiger partial charge in [0.05, 0.1) is 0 Å². The van der Waals surface area contributed by atoms with Gasteiger partial charge < -0.3 is 5.11 Å². The fourth-order valence-electron chi connectivity index (χ4n) is 0.364. The van der Waals surface area contributed by atoms with E-state index in [1.165, 1.54) is 0 Å². The van der Waals surface area contributed by atoms with Gasteiger partial charge in [-0.3, -0.25) is 0 Å². The number of carboxylic acids is 1. The maximum atomic E-state index is 10.1. The van der Waals surface area contributed by atoms with Gasteiger partial charge in [0.1, 0.15) is 9.67 Å². The van der Waals surface area contributed by atoms with E-state index < -0.39 is 15.6 Å². The number of hydrogen-bond acceptors (Lipinski definition) is 1. The summed E-state index contributed by atoms with van der Waals surface area (Å²) in [6.07, 6.45) is 0.787. The first-order chi connectivity index (χ1) is 4.95. The lowest BCUT2D eigenvalue weighted by Crippen LogP contribution is -2.06. The first-order valence-corrected chi connectivity index (χ1v) is 4.20. The molecule has 0 rings (SSSR count). The van der Waals surface area contributed by atoms with Gasteiger partial charge in [-0.25, -0.2) is 4.79 Å². The van der Waals surface area contributed by atoms with Crippen LogP contribution in [0.1, 0.15) is 0 Å². The summed E-state index contributed by atoms with van der Waals surface area (Å²) in [6.45, 7) is 0. The number of aliphatic carboxylic acids is 1. The molecule has 0 saturated carbocycles. The molecular weight excluding hydrogens is 234 g/mol. The van der Waals surface area contributed by atoms with Crippen LogP contribution in [0.4, 0.5) is 0 Å². The highest BCUT2D eigenvalue weighted by molar-refractivity contribution is 6.51. The summed E-state index contributed by atoms with van der Waals surface area (Å²) in [4.78, 5) is 8.12. The van der Waals surface area contributed by atoms with Crippen molar-refractivity contribution in [2.45, 2.75) is 9.67 Å². The monoisotopic (exact) mass is 236 g/mol. The molecule has 0 aromatic heterocycles. The van der Waals surface area contributed by atoms with E-state index in [1.807, 2.05) is 0 Å². The van der Waals surface area contributed by atoms with Crippen LogP contribution in [0.5, 0.6) is 0 Å². The molecule has 6 heteroatoms. The summed E-state index contributed by atoms with van der Waals surface area (Å²) in [5.74, 6) is -1.18. The van der Waals surface area contributed by atoms with Crippen molar-refractivity contribution in [1.29, 1.82) is 0 Å². The summed E-state index contributed by atoms with van der Waals surface area (Å²) >= 11 is 21.4. The fourth-order valence-corrected chi connectivity index (χ4v) is 1.38. The molecule has 0 aliphatic heterocycles. The maximum absolute atomic E-state index is 10.1. The third kappa shape index (κ3) is 4.75. The molecular formula is C5H4Cl4O2. The molecule has 0 amide bonds. The zero-order chi connectivity index (χ0) is 9.02. The Morgan fingerprint density at radius 1 is 1.18 bits per heavy atom. The Labute approximate surface area is 83.7 Å². The van der Waals surface area contributed by atoms with Crippen LogP contribution in [0, 0.1) is 0 Å². The van der Waals surface area contributed by atoms with Crippen LogP contribution in [0.15, 0.2) is 11.6 Å². The van der Waals surface area contributed by atoms with Gasteiger partial charge in [-0.05, 0) is 0 Å². The first-order valence-electron chi connectivity index (χ1n) is 2.46. The quantitative estimate of drug-likeness (QED) is 0.605. The van der Waals surface area contributed by atoms with Crippen molar-refractivity contribution in [3.8, 4) is 0 Å². The lowest BCUT2D eigenvalue weighted by molar-refractivity contribution is -0.131. The third-order valence-electron chi connectivity index (χ3n) is 0.794. The summed E-state index contributed by atoms with van der Waals surface area (Å²) in [5, 5.41) is 8.27. The topological polar surface area (TPSA) is 37.3 Å². The van der Waals surface area contributed by atoms with Crippen molar-refractivity contribution in [2.75, 3.05) is 0 Å². The molecule has 11 heavy (non-hydrogen) atoms. The number of allylic oxidation sites excluding steroid dienone is 1. The summed E-state index contributed by atoms with van der Waals surface area (Å²) in [5.41, 5.74) is 0.0594. The van der Waals surface area contributed by atoms with Gasteiger partial charge in [0.2, 0.25) is 0 Å². The summed E-state index contributed by atoms with van der Waals surface area (Å²) < 4.78 is 0. The van der Waals surface area contributed by atoms with E-state index in [0.717, 1.165) is 6.08 Å². The second kappa shape index (κ2) is 5.09. The van der Waals surface area contributed by atoms with Crippen molar-refractivity contribution >= 4 is 52.4 Å². The van der Waals surface area contributed by atoms with Gasteiger partial charge in [0.15, 0.2) is 0 Å². The highest BCUT2D eigenvalue weighted by Gasteiger charge is 2.16. The van der Waals surface area contributed by atoms with Gasteiger partial charge in [-0.15, -0.1) is 46.4 Å². The minimum Gasteiger partial charge on any atom is -0.478 e. The molecule has 2 nitrogen and oxygen atoms in total. The van der Waals surface area contributed by atoms with Crippen LogP contribution in [0.25, 0.3) is 0 Å². The normalized spacial score (nSPS) is 10.4. The molecule has 0 atom stereocenters. The van der Waals surface area contributed by atoms with Crippen LogP contribution in [-0.2, 0) is 4.79 Å². The Bertz CT molecular complexity index is 165. The van der Waals surface area contributed by atoms with Crippen molar-refractivity contribution in [2.24, 2.45) is 0 Å². The zero-order valence-electron chi connectivity index (χ0n) is 5.10. The lowest BCUT2D eigenvalue weighted by atomic mass is 10.3. The molecule has 64 valence electrons. The predicted octanol–water partition coefficient (Wildman–Crippen LogP) is 2.60. The van der Waals surface area contributed by atoms with E-state index in [1.54, 1.807) is 0 Å². The molecule has 0 fully saturated rings. The zero-order valence-corrected chi connectivity index (χ0v) is 8.12. The van der Waals surface area contributed by atoms with Gasteiger partial charge in [-0.1, -0.05) is 0 Å². The van der Waals surface area contributed by atoms with E-state index in [4.69, 9.17) is 51.5 Å². The highest BCUT2D eigenvalue weighted by atomic mass is 35.5. The minimum absolute atomic E-state index is 0.0594. The first kappa shape index (κ1) is 11.4. The molecule has 0 heterocycles. The Morgan fingerprint density at radius 2 is 1.55 bits per heavy atom. The van der Waals surface area contributed by atoms with Crippen LogP contribution < -0.4 is 0 Å². The molecule has 0 aromatic carbocycles. The standard InChI is InChI=1S/C5H4Cl4O2/c6-4(7)2(5(8)9)1-3(10)11/h1,4-5H,(H,10,11). The average Bonchev–Trinajstić information content (AvgIpc) is 1.81. The lowest BCUT2D eigenvalue weighted by Gasteiger charge is -2.06. The average molecular weight is 238 g/mol. The van der Waals surface area contributed by atoms with Crippen molar-refractivity contribution in [3.63, 3.8) is 0 Å². The Hall–Kier alpha value is 0.370. The number of carbonyl (C=O) groups is 1. The van der Waals surface area contributed by atoms with Gasteiger partial charge in [0.25, 0.3) is 0 Å². The summed E-state index contributed by atoms with van der Waals surface area (Å²) in [7, 11) is 0. The molecule has 1 N–H and O–H groups in total. The SMILES string of the molecule is O=C(O)C=C(C(Cl)Cl)C(Cl)Cl. The van der Waals surface area contributed by atoms with Crippen molar-refractivity contribution < 1.29 is 9.90 Å². The highest BCUT2D eigenvalue weighted by Crippen LogP contribution is 2.24. The fraction of sp³-hybridized carbons (Fsp3) is 0.400. The largest absolute Gasteiger partial charge is 0.478 e. The van der Waals surface area contributed by atoms with E-state index >= 15 is 0 Å². The maximum Gasteiger partial charge on any atom is 0.328 e. The second-order valence-corrected chi connectivity index (χ2v) is 3.78. The van der Waals surface area contributed by atoms with E-state index in [2.05, 4.69) is 0 Å². The number of halogens is 4. The smallest absolute Gasteiger partial charge is 0.328 e. The molecule has 0 radical (unpaired) electrons. The van der Waals surface area contributed by atoms with Crippen molar-refractivity contribution in [1.82, 2.24) is 0 Å². The van der Waals surface area contributed by atoms with Gasteiger partial charge in [0, 0.05) is 11.6 Å². The Balaban J connectivity index is 4.46.